The highest BCUT2D eigenvalue weighted by Gasteiger charge is 1.86. The van der Waals surface area contributed by atoms with Gasteiger partial charge in [-0.15, -0.1) is 0 Å². The van der Waals surface area contributed by atoms with Crippen LogP contribution in [0, 0.1) is 0 Å². The molecule has 1 N–H and O–H groups in total. The first-order valence-electron chi connectivity index (χ1n) is 3.09. The average molecular weight is 127 g/mol. The summed E-state index contributed by atoms with van der Waals surface area (Å²) in [5.41, 5.74) is 0.944. The minimum absolute atomic E-state index is 0.178. The summed E-state index contributed by atoms with van der Waals surface area (Å²) < 4.78 is 0. The molecule has 0 bridgehead atoms. The van der Waals surface area contributed by atoms with Crippen LogP contribution in [0.3, 0.4) is 0 Å². The lowest BCUT2D eigenvalue weighted by Crippen LogP contribution is -1.84. The third-order valence-electron chi connectivity index (χ3n) is 0.996. The minimum Gasteiger partial charge on any atom is -0.396 e. The lowest BCUT2D eigenvalue weighted by Gasteiger charge is -1.93. The number of hydrogen-bond donors (Lipinski definition) is 1. The Kier molecular flexibility index (Phi) is 5.12. The van der Waals surface area contributed by atoms with Gasteiger partial charge in [0.05, 0.1) is 0 Å². The van der Waals surface area contributed by atoms with Crippen LogP contribution >= 0.6 is 0 Å². The van der Waals surface area contributed by atoms with Crippen molar-refractivity contribution in [2.75, 3.05) is 6.61 Å². The predicted octanol–water partition coefficient (Wildman–Crippen LogP) is 1.36. The first kappa shape index (κ1) is 8.37. The minimum atomic E-state index is 0.178. The Bertz CT molecular complexity index is 116. The zero-order chi connectivity index (χ0) is 7.11. The predicted molar refractivity (Wildman–Crippen MR) is 39.6 cm³/mol. The van der Waals surface area contributed by atoms with Gasteiger partial charge in [0.1, 0.15) is 0 Å². The molecule has 0 atom stereocenters. The highest BCUT2D eigenvalue weighted by molar-refractivity contribution is 5.55. The van der Waals surface area contributed by atoms with E-state index >= 15 is 0 Å². The summed E-state index contributed by atoms with van der Waals surface area (Å²) in [6.07, 6.45) is 4.28. The van der Waals surface area contributed by atoms with Gasteiger partial charge in [0.25, 0.3) is 0 Å². The van der Waals surface area contributed by atoms with Crippen molar-refractivity contribution >= 4 is 6.21 Å². The van der Waals surface area contributed by atoms with E-state index in [1.54, 1.807) is 6.21 Å². The van der Waals surface area contributed by atoms with Gasteiger partial charge in [-0.1, -0.05) is 6.08 Å². The molecule has 0 rings (SSSR count). The average Bonchev–Trinajstić information content (AvgIpc) is 1.88. The molecule has 0 aromatic rings. The van der Waals surface area contributed by atoms with Crippen molar-refractivity contribution < 1.29 is 5.11 Å². The molecule has 0 aromatic carbocycles. The quantitative estimate of drug-likeness (QED) is 0.570. The smallest absolute Gasteiger partial charge is 0.0486 e. The molecular weight excluding hydrogens is 114 g/mol. The molecule has 0 fully saturated rings. The van der Waals surface area contributed by atoms with E-state index in [-0.39, 0.29) is 6.61 Å². The van der Waals surface area contributed by atoms with Crippen LogP contribution in [0.25, 0.3) is 0 Å². The Labute approximate surface area is 55.9 Å². The SMILES string of the molecule is C/C=N\C(=C/C)CCO. The van der Waals surface area contributed by atoms with Crippen molar-refractivity contribution in [2.24, 2.45) is 4.99 Å². The third kappa shape index (κ3) is 3.91. The van der Waals surface area contributed by atoms with Gasteiger partial charge in [-0.25, -0.2) is 0 Å². The zero-order valence-electron chi connectivity index (χ0n) is 5.96. The van der Waals surface area contributed by atoms with E-state index < -0.39 is 0 Å². The van der Waals surface area contributed by atoms with Gasteiger partial charge < -0.3 is 5.11 Å². The number of aliphatic hydroxyl groups excluding tert-OH is 1. The van der Waals surface area contributed by atoms with Crippen molar-refractivity contribution in [2.45, 2.75) is 20.3 Å². The molecule has 9 heavy (non-hydrogen) atoms. The molecule has 0 saturated carbocycles. The molecule has 0 aliphatic carbocycles. The molecular formula is C7H13NO. The fourth-order valence-electron chi connectivity index (χ4n) is 0.564. The number of aliphatic imine (C=N–C) groups is 1. The van der Waals surface area contributed by atoms with E-state index in [1.807, 2.05) is 19.9 Å². The fraction of sp³-hybridized carbons (Fsp3) is 0.571. The second kappa shape index (κ2) is 5.51. The largest absolute Gasteiger partial charge is 0.396 e. The second-order valence-electron chi connectivity index (χ2n) is 1.64. The molecule has 0 aromatic heterocycles. The van der Waals surface area contributed by atoms with E-state index in [2.05, 4.69) is 4.99 Å². The molecule has 0 radical (unpaired) electrons. The summed E-state index contributed by atoms with van der Waals surface area (Å²) in [6.45, 7) is 3.95. The standard InChI is InChI=1S/C7H13NO/c1-3-7(5-6-9)8-4-2/h3-4,9H,5-6H2,1-2H3/b7-3-,8-4-. The van der Waals surface area contributed by atoms with Gasteiger partial charge in [-0.3, -0.25) is 4.99 Å². The highest BCUT2D eigenvalue weighted by Crippen LogP contribution is 1.99. The molecule has 0 saturated heterocycles. The Morgan fingerprint density at radius 2 is 2.22 bits per heavy atom. The summed E-state index contributed by atoms with van der Waals surface area (Å²) in [7, 11) is 0. The molecule has 0 amide bonds. The van der Waals surface area contributed by atoms with Gasteiger partial charge in [-0.05, 0) is 13.8 Å². The van der Waals surface area contributed by atoms with E-state index in [0.717, 1.165) is 5.70 Å². The van der Waals surface area contributed by atoms with Crippen LogP contribution in [0.15, 0.2) is 16.8 Å². The first-order chi connectivity index (χ1) is 4.35. The Balaban J connectivity index is 3.70. The van der Waals surface area contributed by atoms with Gasteiger partial charge >= 0.3 is 0 Å². The van der Waals surface area contributed by atoms with Crippen LogP contribution in [0.4, 0.5) is 0 Å². The second-order valence-corrected chi connectivity index (χ2v) is 1.64. The van der Waals surface area contributed by atoms with Crippen molar-refractivity contribution in [1.29, 1.82) is 0 Å². The molecule has 0 unspecified atom stereocenters. The van der Waals surface area contributed by atoms with Crippen molar-refractivity contribution in [3.63, 3.8) is 0 Å². The normalized spacial score (nSPS) is 13.0. The number of nitrogens with zero attached hydrogens (tertiary/aromatic N) is 1. The monoisotopic (exact) mass is 127 g/mol. The molecule has 0 heterocycles. The van der Waals surface area contributed by atoms with Crippen LogP contribution in [0.2, 0.25) is 0 Å². The molecule has 0 aliphatic heterocycles. The van der Waals surface area contributed by atoms with Crippen LogP contribution in [-0.2, 0) is 0 Å². The number of hydrogen-bond acceptors (Lipinski definition) is 2. The van der Waals surface area contributed by atoms with Gasteiger partial charge in [-0.2, -0.15) is 0 Å². The Morgan fingerprint density at radius 3 is 2.56 bits per heavy atom. The van der Waals surface area contributed by atoms with Crippen molar-refractivity contribution in [3.05, 3.63) is 11.8 Å². The maximum atomic E-state index is 8.48. The Morgan fingerprint density at radius 1 is 1.56 bits per heavy atom. The summed E-state index contributed by atoms with van der Waals surface area (Å²) in [5.74, 6) is 0. The molecule has 2 nitrogen and oxygen atoms in total. The fourth-order valence-corrected chi connectivity index (χ4v) is 0.564. The van der Waals surface area contributed by atoms with Crippen molar-refractivity contribution in [3.8, 4) is 0 Å². The maximum absolute atomic E-state index is 8.48. The summed E-state index contributed by atoms with van der Waals surface area (Å²) in [4.78, 5) is 4.01. The van der Waals surface area contributed by atoms with E-state index in [4.69, 9.17) is 5.11 Å². The Hall–Kier alpha value is -0.630. The molecule has 0 aliphatic rings. The van der Waals surface area contributed by atoms with Gasteiger partial charge in [0.15, 0.2) is 0 Å². The summed E-state index contributed by atoms with van der Waals surface area (Å²) in [6, 6.07) is 0. The van der Waals surface area contributed by atoms with E-state index in [9.17, 15) is 0 Å². The van der Waals surface area contributed by atoms with Crippen LogP contribution in [0.1, 0.15) is 20.3 Å². The molecule has 2 heteroatoms. The summed E-state index contributed by atoms with van der Waals surface area (Å²) in [5, 5.41) is 8.48. The summed E-state index contributed by atoms with van der Waals surface area (Å²) >= 11 is 0. The lowest BCUT2D eigenvalue weighted by molar-refractivity contribution is 0.299. The number of allylic oxidation sites excluding steroid dienone is 1. The van der Waals surface area contributed by atoms with E-state index in [0.29, 0.717) is 6.42 Å². The molecule has 0 spiro atoms. The van der Waals surface area contributed by atoms with Gasteiger partial charge in [0, 0.05) is 24.9 Å². The van der Waals surface area contributed by atoms with Crippen LogP contribution in [0.5, 0.6) is 0 Å². The zero-order valence-corrected chi connectivity index (χ0v) is 5.96. The number of rotatable bonds is 3. The molecule has 52 valence electrons. The van der Waals surface area contributed by atoms with Crippen molar-refractivity contribution in [1.82, 2.24) is 0 Å². The van der Waals surface area contributed by atoms with Crippen LogP contribution in [-0.4, -0.2) is 17.9 Å². The first-order valence-corrected chi connectivity index (χ1v) is 3.09. The van der Waals surface area contributed by atoms with E-state index in [1.165, 1.54) is 0 Å². The topological polar surface area (TPSA) is 32.6 Å². The maximum Gasteiger partial charge on any atom is 0.0486 e. The lowest BCUT2D eigenvalue weighted by atomic mass is 10.3. The van der Waals surface area contributed by atoms with Crippen LogP contribution < -0.4 is 0 Å². The highest BCUT2D eigenvalue weighted by atomic mass is 16.3. The van der Waals surface area contributed by atoms with Gasteiger partial charge in [0.2, 0.25) is 0 Å². The third-order valence-corrected chi connectivity index (χ3v) is 0.996. The number of aliphatic hydroxyl groups is 1.